The molecule has 2 aromatic rings. The lowest BCUT2D eigenvalue weighted by Gasteiger charge is -2.32. The minimum Gasteiger partial charge on any atom is -0.460 e. The van der Waals surface area contributed by atoms with Gasteiger partial charge in [-0.25, -0.2) is 13.2 Å². The Morgan fingerprint density at radius 1 is 1.36 bits per heavy atom. The monoisotopic (exact) mass is 430 g/mol. The molecular formula is C19H27ClN2O5S. The molecule has 0 saturated carbocycles. The number of hydrogen-bond acceptors (Lipinski definition) is 6. The quantitative estimate of drug-likeness (QED) is 0.731. The van der Waals surface area contributed by atoms with Crippen LogP contribution in [-0.4, -0.2) is 44.4 Å². The minimum atomic E-state index is -3.61. The van der Waals surface area contributed by atoms with Crippen molar-refractivity contribution in [1.82, 2.24) is 4.31 Å². The molecule has 1 atom stereocenters. The first-order valence-electron chi connectivity index (χ1n) is 9.21. The number of piperidine rings is 1. The lowest BCUT2D eigenvalue weighted by molar-refractivity contribution is 0.0491. The number of halogens is 1. The number of rotatable bonds is 5. The second-order valence-electron chi connectivity index (χ2n) is 7.04. The predicted octanol–water partition coefficient (Wildman–Crippen LogP) is 3.09. The number of furan rings is 1. The average Bonchev–Trinajstić information content (AvgIpc) is 2.98. The maximum Gasteiger partial charge on any atom is 0.374 e. The number of ether oxygens (including phenoxy) is 1. The number of aryl methyl sites for hydroxylation is 1. The van der Waals surface area contributed by atoms with Gasteiger partial charge >= 0.3 is 5.97 Å². The van der Waals surface area contributed by atoms with Crippen LogP contribution in [0.15, 0.2) is 27.5 Å². The van der Waals surface area contributed by atoms with Gasteiger partial charge in [-0.2, -0.15) is 4.31 Å². The summed E-state index contributed by atoms with van der Waals surface area (Å²) in [7, 11) is -3.61. The zero-order valence-electron chi connectivity index (χ0n) is 16.3. The second kappa shape index (κ2) is 8.82. The first kappa shape index (κ1) is 22.7. The van der Waals surface area contributed by atoms with Gasteiger partial charge in [-0.1, -0.05) is 0 Å². The van der Waals surface area contributed by atoms with Gasteiger partial charge in [-0.15, -0.1) is 12.4 Å². The highest BCUT2D eigenvalue weighted by atomic mass is 35.5. The molecule has 1 fully saturated rings. The van der Waals surface area contributed by atoms with Crippen LogP contribution in [0.25, 0.3) is 11.0 Å². The third-order valence-electron chi connectivity index (χ3n) is 5.25. The van der Waals surface area contributed by atoms with Crippen molar-refractivity contribution in [2.45, 2.75) is 44.6 Å². The molecule has 7 nitrogen and oxygen atoms in total. The van der Waals surface area contributed by atoms with Gasteiger partial charge in [-0.05, 0) is 57.7 Å². The third kappa shape index (κ3) is 4.20. The molecular weight excluding hydrogens is 404 g/mol. The van der Waals surface area contributed by atoms with Crippen molar-refractivity contribution < 1.29 is 22.4 Å². The smallest absolute Gasteiger partial charge is 0.374 e. The lowest BCUT2D eigenvalue weighted by atomic mass is 9.92. The zero-order valence-corrected chi connectivity index (χ0v) is 17.9. The van der Waals surface area contributed by atoms with Crippen LogP contribution >= 0.6 is 12.4 Å². The molecule has 9 heteroatoms. The van der Waals surface area contributed by atoms with Crippen LogP contribution in [0.1, 0.15) is 42.8 Å². The maximum absolute atomic E-state index is 13.0. The molecule has 28 heavy (non-hydrogen) atoms. The van der Waals surface area contributed by atoms with Gasteiger partial charge in [-0.3, -0.25) is 0 Å². The number of hydrogen-bond donors (Lipinski definition) is 1. The summed E-state index contributed by atoms with van der Waals surface area (Å²) in [6.45, 7) is 6.58. The molecule has 1 aromatic carbocycles. The van der Waals surface area contributed by atoms with E-state index in [9.17, 15) is 13.2 Å². The van der Waals surface area contributed by atoms with Gasteiger partial charge in [0.15, 0.2) is 0 Å². The summed E-state index contributed by atoms with van der Waals surface area (Å²) in [4.78, 5) is 12.2. The summed E-state index contributed by atoms with van der Waals surface area (Å²) in [5.41, 5.74) is 6.99. The fourth-order valence-electron chi connectivity index (χ4n) is 3.54. The van der Waals surface area contributed by atoms with E-state index in [2.05, 4.69) is 0 Å². The van der Waals surface area contributed by atoms with E-state index >= 15 is 0 Å². The molecule has 1 aliphatic heterocycles. The van der Waals surface area contributed by atoms with Crippen LogP contribution in [0.2, 0.25) is 0 Å². The molecule has 2 N–H and O–H groups in total. The Morgan fingerprint density at radius 3 is 2.57 bits per heavy atom. The normalized spacial score (nSPS) is 17.3. The molecule has 1 unspecified atom stereocenters. The van der Waals surface area contributed by atoms with E-state index in [1.54, 1.807) is 26.0 Å². The molecule has 2 heterocycles. The van der Waals surface area contributed by atoms with E-state index in [1.807, 2.05) is 6.92 Å². The van der Waals surface area contributed by atoms with Gasteiger partial charge in [0.05, 0.1) is 11.5 Å². The Hall–Kier alpha value is -1.61. The number of carbonyl (C=O) groups is 1. The topological polar surface area (TPSA) is 103 Å². The highest BCUT2D eigenvalue weighted by Crippen LogP contribution is 2.31. The molecule has 0 spiro atoms. The standard InChI is InChI=1S/C19H26N2O5S.ClH/c1-4-25-19(22)18-12(2)16-11-15(5-6-17(16)26-18)27(23,24)21-9-7-14(8-10-21)13(3)20;/h5-6,11,13-14H,4,7-10,20H2,1-3H3;1H. The van der Waals surface area contributed by atoms with E-state index in [1.165, 1.54) is 10.4 Å². The number of esters is 1. The summed E-state index contributed by atoms with van der Waals surface area (Å²) in [6.07, 6.45) is 1.52. The van der Waals surface area contributed by atoms with E-state index < -0.39 is 16.0 Å². The van der Waals surface area contributed by atoms with E-state index in [4.69, 9.17) is 14.9 Å². The fourth-order valence-corrected chi connectivity index (χ4v) is 5.04. The third-order valence-corrected chi connectivity index (χ3v) is 7.14. The number of carbonyl (C=O) groups excluding carboxylic acids is 1. The molecule has 0 aliphatic carbocycles. The van der Waals surface area contributed by atoms with Crippen LogP contribution in [-0.2, 0) is 14.8 Å². The minimum absolute atomic E-state index is 0. The molecule has 0 bridgehead atoms. The number of nitrogens with zero attached hydrogens (tertiary/aromatic N) is 1. The SMILES string of the molecule is CCOC(=O)c1oc2ccc(S(=O)(=O)N3CCC(C(C)N)CC3)cc2c1C.Cl. The molecule has 3 rings (SSSR count). The number of benzene rings is 1. The van der Waals surface area contributed by atoms with Crippen molar-refractivity contribution in [3.05, 3.63) is 29.5 Å². The maximum atomic E-state index is 13.0. The Morgan fingerprint density at radius 2 is 2.00 bits per heavy atom. The average molecular weight is 431 g/mol. The highest BCUT2D eigenvalue weighted by Gasteiger charge is 2.31. The first-order valence-corrected chi connectivity index (χ1v) is 10.7. The largest absolute Gasteiger partial charge is 0.460 e. The van der Waals surface area contributed by atoms with Crippen LogP contribution in [0, 0.1) is 12.8 Å². The summed E-state index contributed by atoms with van der Waals surface area (Å²) in [5.74, 6) is -0.0880. The summed E-state index contributed by atoms with van der Waals surface area (Å²) in [5, 5.41) is 0.601. The van der Waals surface area contributed by atoms with Gasteiger partial charge in [0.1, 0.15) is 5.58 Å². The van der Waals surface area contributed by atoms with Crippen molar-refractivity contribution in [3.63, 3.8) is 0 Å². The Balaban J connectivity index is 0.00000280. The summed E-state index contributed by atoms with van der Waals surface area (Å²) < 4.78 is 38.1. The van der Waals surface area contributed by atoms with Crippen LogP contribution in [0.5, 0.6) is 0 Å². The van der Waals surface area contributed by atoms with Crippen LogP contribution in [0.4, 0.5) is 0 Å². The highest BCUT2D eigenvalue weighted by molar-refractivity contribution is 7.89. The van der Waals surface area contributed by atoms with Crippen molar-refractivity contribution in [1.29, 1.82) is 0 Å². The van der Waals surface area contributed by atoms with E-state index in [-0.39, 0.29) is 35.7 Å². The van der Waals surface area contributed by atoms with Gasteiger partial charge in [0, 0.05) is 30.1 Å². The number of sulfonamides is 1. The molecule has 1 aliphatic rings. The first-order chi connectivity index (χ1) is 12.8. The molecule has 1 aromatic heterocycles. The lowest BCUT2D eigenvalue weighted by Crippen LogP contribution is -2.42. The Labute approximate surface area is 171 Å². The van der Waals surface area contributed by atoms with Crippen LogP contribution < -0.4 is 5.73 Å². The van der Waals surface area contributed by atoms with Crippen molar-refractivity contribution in [2.24, 2.45) is 11.7 Å². The second-order valence-corrected chi connectivity index (χ2v) is 8.97. The molecule has 156 valence electrons. The van der Waals surface area contributed by atoms with Gasteiger partial charge in [0.25, 0.3) is 0 Å². The molecule has 1 saturated heterocycles. The molecule has 0 amide bonds. The predicted molar refractivity (Wildman–Crippen MR) is 109 cm³/mol. The Bertz CT molecular complexity index is 947. The van der Waals surface area contributed by atoms with Crippen molar-refractivity contribution >= 4 is 39.4 Å². The van der Waals surface area contributed by atoms with Crippen molar-refractivity contribution in [3.8, 4) is 0 Å². The summed E-state index contributed by atoms with van der Waals surface area (Å²) in [6, 6.07) is 4.75. The van der Waals surface area contributed by atoms with E-state index in [0.717, 1.165) is 12.8 Å². The molecule has 0 radical (unpaired) electrons. The van der Waals surface area contributed by atoms with Crippen molar-refractivity contribution in [2.75, 3.05) is 19.7 Å². The van der Waals surface area contributed by atoms with Crippen LogP contribution in [0.3, 0.4) is 0 Å². The Kier molecular flexibility index (Phi) is 7.14. The fraction of sp³-hybridized carbons (Fsp3) is 0.526. The number of nitrogens with two attached hydrogens (primary N) is 1. The van der Waals surface area contributed by atoms with Gasteiger partial charge < -0.3 is 14.9 Å². The van der Waals surface area contributed by atoms with Gasteiger partial charge in [0.2, 0.25) is 15.8 Å². The zero-order chi connectivity index (χ0) is 19.8. The summed E-state index contributed by atoms with van der Waals surface area (Å²) >= 11 is 0. The number of fused-ring (bicyclic) bond motifs is 1. The van der Waals surface area contributed by atoms with E-state index in [0.29, 0.717) is 35.5 Å².